The van der Waals surface area contributed by atoms with Crippen molar-refractivity contribution in [3.05, 3.63) is 0 Å². The van der Waals surface area contributed by atoms with E-state index in [0.717, 1.165) is 0 Å². The Morgan fingerprint density at radius 1 is 1.22 bits per heavy atom. The minimum atomic E-state index is -1.15. The second-order valence-electron chi connectivity index (χ2n) is 4.91. The Hall–Kier alpha value is -1.63. The lowest BCUT2D eigenvalue weighted by Crippen LogP contribution is -2.51. The predicted molar refractivity (Wildman–Crippen MR) is 64.0 cm³/mol. The summed E-state index contributed by atoms with van der Waals surface area (Å²) >= 11 is 0. The number of carbonyl (C=O) groups is 3. The largest absolute Gasteiger partial charge is 0.480 e. The van der Waals surface area contributed by atoms with E-state index < -0.39 is 24.5 Å². The van der Waals surface area contributed by atoms with Gasteiger partial charge in [0.1, 0.15) is 19.3 Å². The Balaban J connectivity index is 4.00. The van der Waals surface area contributed by atoms with E-state index in [1.54, 1.807) is 0 Å². The maximum absolute atomic E-state index is 11.6. The van der Waals surface area contributed by atoms with Crippen molar-refractivity contribution in [3.63, 3.8) is 0 Å². The summed E-state index contributed by atoms with van der Waals surface area (Å²) in [5.74, 6) is -2.00. The lowest BCUT2D eigenvalue weighted by atomic mass is 10.1. The molecule has 3 N–H and O–H groups in total. The van der Waals surface area contributed by atoms with E-state index in [2.05, 4.69) is 15.4 Å². The molecule has 0 fully saturated rings. The van der Waals surface area contributed by atoms with Gasteiger partial charge in [0, 0.05) is 5.54 Å². The van der Waals surface area contributed by atoms with Crippen LogP contribution in [0.2, 0.25) is 0 Å². The van der Waals surface area contributed by atoms with Gasteiger partial charge in [0.15, 0.2) is 0 Å². The van der Waals surface area contributed by atoms with Crippen LogP contribution in [-0.2, 0) is 19.1 Å². The van der Waals surface area contributed by atoms with Gasteiger partial charge in [0.25, 0.3) is 0 Å². The SMILES string of the molecule is CC(NC(=O)COCC(=O)O)C(=O)NC(C)(C)C. The van der Waals surface area contributed by atoms with Gasteiger partial charge in [0.2, 0.25) is 11.8 Å². The molecular weight excluding hydrogens is 240 g/mol. The predicted octanol–water partition coefficient (Wildman–Crippen LogP) is -0.493. The highest BCUT2D eigenvalue weighted by atomic mass is 16.5. The number of carboxylic acid groups (broad SMARTS) is 1. The zero-order chi connectivity index (χ0) is 14.3. The van der Waals surface area contributed by atoms with Crippen molar-refractivity contribution in [3.8, 4) is 0 Å². The highest BCUT2D eigenvalue weighted by Crippen LogP contribution is 1.99. The first-order valence-corrected chi connectivity index (χ1v) is 5.53. The second-order valence-corrected chi connectivity index (χ2v) is 4.91. The number of rotatable bonds is 6. The molecular formula is C11H20N2O5. The van der Waals surface area contributed by atoms with Crippen LogP contribution in [0, 0.1) is 0 Å². The Labute approximate surface area is 106 Å². The molecule has 0 aromatic heterocycles. The quantitative estimate of drug-likeness (QED) is 0.597. The monoisotopic (exact) mass is 260 g/mol. The van der Waals surface area contributed by atoms with E-state index in [1.165, 1.54) is 6.92 Å². The number of amides is 2. The first kappa shape index (κ1) is 16.4. The number of hydrogen-bond donors (Lipinski definition) is 3. The molecule has 0 rings (SSSR count). The zero-order valence-corrected chi connectivity index (χ0v) is 11.1. The first-order chi connectivity index (χ1) is 8.11. The van der Waals surface area contributed by atoms with Crippen molar-refractivity contribution in [2.75, 3.05) is 13.2 Å². The number of ether oxygens (including phenoxy) is 1. The van der Waals surface area contributed by atoms with Crippen molar-refractivity contribution in [2.45, 2.75) is 39.3 Å². The molecule has 18 heavy (non-hydrogen) atoms. The van der Waals surface area contributed by atoms with Crippen LogP contribution in [0.25, 0.3) is 0 Å². The number of aliphatic carboxylic acids is 1. The third-order valence-electron chi connectivity index (χ3n) is 1.73. The zero-order valence-electron chi connectivity index (χ0n) is 11.1. The minimum absolute atomic E-state index is 0.311. The summed E-state index contributed by atoms with van der Waals surface area (Å²) in [6.45, 7) is 6.09. The maximum Gasteiger partial charge on any atom is 0.329 e. The molecule has 0 aromatic carbocycles. The molecule has 0 aliphatic carbocycles. The third kappa shape index (κ3) is 8.51. The van der Waals surface area contributed by atoms with Crippen LogP contribution in [0.1, 0.15) is 27.7 Å². The Morgan fingerprint density at radius 2 is 1.78 bits per heavy atom. The highest BCUT2D eigenvalue weighted by molar-refractivity contribution is 5.88. The fourth-order valence-electron chi connectivity index (χ4n) is 1.06. The van der Waals surface area contributed by atoms with E-state index in [9.17, 15) is 14.4 Å². The van der Waals surface area contributed by atoms with E-state index >= 15 is 0 Å². The third-order valence-corrected chi connectivity index (χ3v) is 1.73. The van der Waals surface area contributed by atoms with Crippen LogP contribution >= 0.6 is 0 Å². The Morgan fingerprint density at radius 3 is 2.22 bits per heavy atom. The standard InChI is InChI=1S/C11H20N2O5/c1-7(10(17)13-11(2,3)4)12-8(14)5-18-6-9(15)16/h7H,5-6H2,1-4H3,(H,12,14)(H,13,17)(H,15,16). The molecule has 0 bridgehead atoms. The molecule has 0 aliphatic heterocycles. The summed E-state index contributed by atoms with van der Waals surface area (Å²) in [6, 6.07) is -0.704. The number of hydrogen-bond acceptors (Lipinski definition) is 4. The first-order valence-electron chi connectivity index (χ1n) is 5.53. The van der Waals surface area contributed by atoms with E-state index in [1.807, 2.05) is 20.8 Å². The lowest BCUT2D eigenvalue weighted by Gasteiger charge is -2.23. The van der Waals surface area contributed by atoms with Gasteiger partial charge in [-0.1, -0.05) is 0 Å². The minimum Gasteiger partial charge on any atom is -0.480 e. The average Bonchev–Trinajstić information content (AvgIpc) is 2.13. The highest BCUT2D eigenvalue weighted by Gasteiger charge is 2.20. The lowest BCUT2D eigenvalue weighted by molar-refractivity contribution is -0.144. The summed E-state index contributed by atoms with van der Waals surface area (Å²) in [4.78, 5) is 33.1. The number of nitrogens with one attached hydrogen (secondary N) is 2. The van der Waals surface area contributed by atoms with Crippen LogP contribution in [0.3, 0.4) is 0 Å². The van der Waals surface area contributed by atoms with Crippen molar-refractivity contribution >= 4 is 17.8 Å². The van der Waals surface area contributed by atoms with Crippen molar-refractivity contribution in [2.24, 2.45) is 0 Å². The number of carboxylic acids is 1. The Kier molecular flexibility index (Phi) is 6.32. The van der Waals surface area contributed by atoms with Crippen LogP contribution in [-0.4, -0.2) is 47.7 Å². The Bertz CT molecular complexity index is 322. The molecule has 0 radical (unpaired) electrons. The molecule has 1 atom stereocenters. The van der Waals surface area contributed by atoms with Crippen LogP contribution < -0.4 is 10.6 Å². The smallest absolute Gasteiger partial charge is 0.329 e. The summed E-state index contributed by atoms with van der Waals surface area (Å²) < 4.78 is 4.60. The van der Waals surface area contributed by atoms with Gasteiger partial charge in [-0.05, 0) is 27.7 Å². The normalized spacial score (nSPS) is 12.7. The summed E-state index contributed by atoms with van der Waals surface area (Å²) in [7, 11) is 0. The van der Waals surface area contributed by atoms with Crippen molar-refractivity contribution in [1.29, 1.82) is 0 Å². The summed E-state index contributed by atoms with van der Waals surface area (Å²) in [6.07, 6.45) is 0. The molecule has 0 heterocycles. The van der Waals surface area contributed by atoms with E-state index in [-0.39, 0.29) is 18.1 Å². The second kappa shape index (κ2) is 6.95. The molecule has 7 heteroatoms. The molecule has 0 spiro atoms. The maximum atomic E-state index is 11.6. The van der Waals surface area contributed by atoms with Gasteiger partial charge in [0.05, 0.1) is 0 Å². The molecule has 104 valence electrons. The van der Waals surface area contributed by atoms with Crippen LogP contribution in [0.4, 0.5) is 0 Å². The molecule has 0 saturated heterocycles. The van der Waals surface area contributed by atoms with Gasteiger partial charge in [-0.3, -0.25) is 9.59 Å². The van der Waals surface area contributed by atoms with E-state index in [0.29, 0.717) is 0 Å². The van der Waals surface area contributed by atoms with Gasteiger partial charge < -0.3 is 20.5 Å². The molecule has 0 aromatic rings. The van der Waals surface area contributed by atoms with E-state index in [4.69, 9.17) is 5.11 Å². The topological polar surface area (TPSA) is 105 Å². The molecule has 7 nitrogen and oxygen atoms in total. The fraction of sp³-hybridized carbons (Fsp3) is 0.727. The summed E-state index contributed by atoms with van der Waals surface area (Å²) in [5, 5.41) is 13.4. The molecule has 0 aliphatic rings. The number of carbonyl (C=O) groups excluding carboxylic acids is 2. The van der Waals surface area contributed by atoms with Gasteiger partial charge in [-0.15, -0.1) is 0 Å². The van der Waals surface area contributed by atoms with Crippen molar-refractivity contribution < 1.29 is 24.2 Å². The molecule has 1 unspecified atom stereocenters. The molecule has 2 amide bonds. The average molecular weight is 260 g/mol. The fourth-order valence-corrected chi connectivity index (χ4v) is 1.06. The van der Waals surface area contributed by atoms with Crippen LogP contribution in [0.5, 0.6) is 0 Å². The van der Waals surface area contributed by atoms with Gasteiger partial charge in [-0.25, -0.2) is 4.79 Å². The van der Waals surface area contributed by atoms with Gasteiger partial charge in [-0.2, -0.15) is 0 Å². The summed E-state index contributed by atoms with van der Waals surface area (Å²) in [5.41, 5.74) is -0.379. The van der Waals surface area contributed by atoms with Gasteiger partial charge >= 0.3 is 5.97 Å². The molecule has 0 saturated carbocycles. The van der Waals surface area contributed by atoms with Crippen molar-refractivity contribution in [1.82, 2.24) is 10.6 Å². The van der Waals surface area contributed by atoms with Crippen LogP contribution in [0.15, 0.2) is 0 Å².